The Morgan fingerprint density at radius 2 is 2.04 bits per heavy atom. The molecule has 0 bridgehead atoms. The first kappa shape index (κ1) is 15.4. The molecule has 8 nitrogen and oxygen atoms in total. The van der Waals surface area contributed by atoms with E-state index in [-0.39, 0.29) is 5.91 Å². The summed E-state index contributed by atoms with van der Waals surface area (Å²) in [7, 11) is 0. The van der Waals surface area contributed by atoms with E-state index >= 15 is 0 Å². The molecular formula is C17H19N7O. The molecule has 4 N–H and O–H groups in total. The van der Waals surface area contributed by atoms with Crippen LogP contribution in [0.25, 0.3) is 22.6 Å². The Bertz CT molecular complexity index is 949. The fraction of sp³-hybridized carbons (Fsp3) is 0.294. The minimum Gasteiger partial charge on any atom is -0.399 e. The Hall–Kier alpha value is -3.16. The van der Waals surface area contributed by atoms with Crippen molar-refractivity contribution in [2.24, 2.45) is 0 Å². The van der Waals surface area contributed by atoms with Crippen LogP contribution in [-0.2, 0) is 11.3 Å². The number of benzene rings is 1. The number of nitrogens with two attached hydrogens (primary N) is 2. The molecule has 1 aliphatic rings. The number of fused-ring (bicyclic) bond motifs is 1. The van der Waals surface area contributed by atoms with Crippen LogP contribution in [0, 0.1) is 0 Å². The smallest absolute Gasteiger partial charge is 0.222 e. The lowest BCUT2D eigenvalue weighted by Gasteiger charge is -2.15. The molecule has 0 atom stereocenters. The van der Waals surface area contributed by atoms with Crippen LogP contribution in [0.1, 0.15) is 12.8 Å². The van der Waals surface area contributed by atoms with Crippen molar-refractivity contribution in [1.29, 1.82) is 0 Å². The second-order valence-corrected chi connectivity index (χ2v) is 6.15. The predicted octanol–water partition coefficient (Wildman–Crippen LogP) is 1.28. The van der Waals surface area contributed by atoms with E-state index in [1.165, 1.54) is 0 Å². The highest BCUT2D eigenvalue weighted by Gasteiger charge is 2.20. The molecule has 1 aromatic carbocycles. The highest BCUT2D eigenvalue weighted by Crippen LogP contribution is 2.23. The molecule has 3 aromatic rings. The van der Waals surface area contributed by atoms with Crippen molar-refractivity contribution in [3.8, 4) is 11.4 Å². The minimum atomic E-state index is 0.207. The molecule has 128 valence electrons. The molecule has 0 radical (unpaired) electrons. The maximum absolute atomic E-state index is 11.8. The number of amides is 1. The number of aromatic nitrogens is 4. The molecule has 3 heterocycles. The molecule has 8 heteroatoms. The Morgan fingerprint density at radius 3 is 2.80 bits per heavy atom. The number of carbonyl (C=O) groups is 1. The first-order valence-corrected chi connectivity index (χ1v) is 8.24. The van der Waals surface area contributed by atoms with E-state index in [2.05, 4.69) is 15.0 Å². The Labute approximate surface area is 144 Å². The first-order valence-electron chi connectivity index (χ1n) is 8.24. The van der Waals surface area contributed by atoms with Gasteiger partial charge in [-0.2, -0.15) is 0 Å². The number of hydrogen-bond donors (Lipinski definition) is 2. The third-order valence-electron chi connectivity index (χ3n) is 4.42. The summed E-state index contributed by atoms with van der Waals surface area (Å²) in [5.74, 6) is 1.05. The van der Waals surface area contributed by atoms with Crippen LogP contribution < -0.4 is 11.5 Å². The van der Waals surface area contributed by atoms with Crippen molar-refractivity contribution in [3.63, 3.8) is 0 Å². The van der Waals surface area contributed by atoms with Crippen molar-refractivity contribution in [2.75, 3.05) is 24.6 Å². The molecule has 0 aliphatic carbocycles. The van der Waals surface area contributed by atoms with E-state index < -0.39 is 0 Å². The summed E-state index contributed by atoms with van der Waals surface area (Å²) in [4.78, 5) is 26.9. The maximum Gasteiger partial charge on any atom is 0.222 e. The van der Waals surface area contributed by atoms with Crippen LogP contribution >= 0.6 is 0 Å². The third kappa shape index (κ3) is 2.86. The fourth-order valence-electron chi connectivity index (χ4n) is 3.11. The van der Waals surface area contributed by atoms with Gasteiger partial charge >= 0.3 is 0 Å². The number of rotatable bonds is 4. The van der Waals surface area contributed by atoms with Crippen molar-refractivity contribution in [2.45, 2.75) is 19.4 Å². The summed E-state index contributed by atoms with van der Waals surface area (Å²) < 4.78 is 1.91. The summed E-state index contributed by atoms with van der Waals surface area (Å²) in [6.45, 7) is 2.08. The molecule has 0 spiro atoms. The third-order valence-corrected chi connectivity index (χ3v) is 4.42. The zero-order valence-corrected chi connectivity index (χ0v) is 13.7. The van der Waals surface area contributed by atoms with E-state index in [9.17, 15) is 4.79 Å². The van der Waals surface area contributed by atoms with Crippen LogP contribution in [0.15, 0.2) is 30.6 Å². The first-order chi connectivity index (χ1) is 12.1. The van der Waals surface area contributed by atoms with Gasteiger partial charge in [0.05, 0.1) is 6.33 Å². The van der Waals surface area contributed by atoms with Gasteiger partial charge in [0.25, 0.3) is 0 Å². The Morgan fingerprint density at radius 1 is 1.16 bits per heavy atom. The van der Waals surface area contributed by atoms with E-state index in [0.717, 1.165) is 18.5 Å². The van der Waals surface area contributed by atoms with Gasteiger partial charge in [0.1, 0.15) is 5.52 Å². The van der Waals surface area contributed by atoms with E-state index in [4.69, 9.17) is 11.5 Å². The summed E-state index contributed by atoms with van der Waals surface area (Å²) in [5, 5.41) is 0. The largest absolute Gasteiger partial charge is 0.399 e. The monoisotopic (exact) mass is 337 g/mol. The lowest BCUT2D eigenvalue weighted by Crippen LogP contribution is -2.28. The van der Waals surface area contributed by atoms with Gasteiger partial charge < -0.3 is 20.9 Å². The molecule has 1 aliphatic heterocycles. The van der Waals surface area contributed by atoms with Crippen LogP contribution in [-0.4, -0.2) is 43.4 Å². The molecule has 1 saturated heterocycles. The van der Waals surface area contributed by atoms with Gasteiger partial charge in [0.2, 0.25) is 5.91 Å². The van der Waals surface area contributed by atoms with Crippen molar-refractivity contribution >= 4 is 28.6 Å². The molecule has 1 amide bonds. The number of anilines is 2. The average molecular weight is 337 g/mol. The molecule has 2 aromatic heterocycles. The normalized spacial score (nSPS) is 14.6. The van der Waals surface area contributed by atoms with Crippen LogP contribution in [0.4, 0.5) is 11.5 Å². The number of hydrogen-bond acceptors (Lipinski definition) is 6. The summed E-state index contributed by atoms with van der Waals surface area (Å²) in [6, 6.07) is 7.36. The van der Waals surface area contributed by atoms with E-state index in [1.807, 2.05) is 33.7 Å². The van der Waals surface area contributed by atoms with E-state index in [0.29, 0.717) is 48.0 Å². The fourth-order valence-corrected chi connectivity index (χ4v) is 3.11. The molecular weight excluding hydrogens is 318 g/mol. The quantitative estimate of drug-likeness (QED) is 0.693. The number of nitrogens with zero attached hydrogens (tertiary/aromatic N) is 5. The predicted molar refractivity (Wildman–Crippen MR) is 95.4 cm³/mol. The van der Waals surface area contributed by atoms with Crippen LogP contribution in [0.2, 0.25) is 0 Å². The summed E-state index contributed by atoms with van der Waals surface area (Å²) in [5.41, 5.74) is 14.6. The highest BCUT2D eigenvalue weighted by molar-refractivity contribution is 5.84. The number of imidazole rings is 1. The number of nitrogen functional groups attached to an aromatic ring is 2. The van der Waals surface area contributed by atoms with Crippen molar-refractivity contribution in [3.05, 3.63) is 30.6 Å². The lowest BCUT2D eigenvalue weighted by atomic mass is 10.2. The van der Waals surface area contributed by atoms with Gasteiger partial charge in [-0.05, 0) is 18.6 Å². The SMILES string of the molecule is Nc1cccc(-c2nc(N)c3ncn(CCN4CCCC4=O)c3n2)c1. The van der Waals surface area contributed by atoms with Gasteiger partial charge in [-0.15, -0.1) is 0 Å². The lowest BCUT2D eigenvalue weighted by molar-refractivity contribution is -0.127. The second-order valence-electron chi connectivity index (χ2n) is 6.15. The standard InChI is InChI=1S/C17H19N7O/c18-12-4-1-3-11(9-12)16-21-15(19)14-17(22-16)24(10-20-14)8-7-23-6-2-5-13(23)25/h1,3-4,9-10H,2,5-8,18H2,(H2,19,21,22). The maximum atomic E-state index is 11.8. The molecule has 0 saturated carbocycles. The number of carbonyl (C=O) groups excluding carboxylic acids is 1. The molecule has 0 unspecified atom stereocenters. The second kappa shape index (κ2) is 6.04. The zero-order chi connectivity index (χ0) is 17.4. The highest BCUT2D eigenvalue weighted by atomic mass is 16.2. The average Bonchev–Trinajstić information content (AvgIpc) is 3.19. The molecule has 1 fully saturated rings. The number of likely N-dealkylation sites (tertiary alicyclic amines) is 1. The van der Waals surface area contributed by atoms with Crippen molar-refractivity contribution in [1.82, 2.24) is 24.4 Å². The van der Waals surface area contributed by atoms with Crippen LogP contribution in [0.3, 0.4) is 0 Å². The minimum absolute atomic E-state index is 0.207. The molecule has 25 heavy (non-hydrogen) atoms. The zero-order valence-electron chi connectivity index (χ0n) is 13.7. The van der Waals surface area contributed by atoms with Gasteiger partial charge in [-0.25, -0.2) is 15.0 Å². The van der Waals surface area contributed by atoms with Crippen LogP contribution in [0.5, 0.6) is 0 Å². The molecule has 4 rings (SSSR count). The summed E-state index contributed by atoms with van der Waals surface area (Å²) >= 11 is 0. The van der Waals surface area contributed by atoms with Gasteiger partial charge in [-0.1, -0.05) is 12.1 Å². The van der Waals surface area contributed by atoms with Gasteiger partial charge in [0.15, 0.2) is 17.3 Å². The van der Waals surface area contributed by atoms with Gasteiger partial charge in [0, 0.05) is 37.3 Å². The summed E-state index contributed by atoms with van der Waals surface area (Å²) in [6.07, 6.45) is 3.26. The van der Waals surface area contributed by atoms with E-state index in [1.54, 1.807) is 6.33 Å². The van der Waals surface area contributed by atoms with Gasteiger partial charge in [-0.3, -0.25) is 4.79 Å². The topological polar surface area (TPSA) is 116 Å². The van der Waals surface area contributed by atoms with Crippen molar-refractivity contribution < 1.29 is 4.79 Å². The Kier molecular flexibility index (Phi) is 3.72. The Balaban J connectivity index is 1.68.